The number of alkyl halides is 5. The van der Waals surface area contributed by atoms with E-state index in [9.17, 15) is 26.7 Å². The Morgan fingerprint density at radius 2 is 1.94 bits per heavy atom. The van der Waals surface area contributed by atoms with E-state index in [1.54, 1.807) is 0 Å². The molecule has 0 fully saturated rings. The summed E-state index contributed by atoms with van der Waals surface area (Å²) in [5, 5.41) is -1.39. The molecular weight excluding hydrogens is 257 g/mol. The SMILES string of the molecule is O=C(Cl)c1cc(C(F)(F)F)ncc1C(F)F. The van der Waals surface area contributed by atoms with Crippen molar-refractivity contribution < 1.29 is 26.7 Å². The van der Waals surface area contributed by atoms with Crippen LogP contribution in [0.15, 0.2) is 12.3 Å². The van der Waals surface area contributed by atoms with E-state index in [1.165, 1.54) is 0 Å². The van der Waals surface area contributed by atoms with Gasteiger partial charge in [0.05, 0.1) is 0 Å². The Balaban J connectivity index is 3.34. The topological polar surface area (TPSA) is 30.0 Å². The van der Waals surface area contributed by atoms with Gasteiger partial charge in [-0.15, -0.1) is 0 Å². The molecule has 88 valence electrons. The van der Waals surface area contributed by atoms with Crippen LogP contribution in [0.1, 0.15) is 28.0 Å². The summed E-state index contributed by atoms with van der Waals surface area (Å²) in [6.45, 7) is 0. The highest BCUT2D eigenvalue weighted by Crippen LogP contribution is 2.31. The largest absolute Gasteiger partial charge is 0.433 e. The minimum Gasteiger partial charge on any atom is -0.276 e. The fourth-order valence-corrected chi connectivity index (χ4v) is 1.13. The molecule has 1 rings (SSSR count). The zero-order valence-corrected chi connectivity index (χ0v) is 8.11. The van der Waals surface area contributed by atoms with Gasteiger partial charge in [0.1, 0.15) is 5.69 Å². The molecule has 8 heteroatoms. The van der Waals surface area contributed by atoms with Gasteiger partial charge in [-0.3, -0.25) is 9.78 Å². The minimum absolute atomic E-state index is 0.205. The second-order valence-electron chi connectivity index (χ2n) is 2.73. The molecule has 2 nitrogen and oxygen atoms in total. The van der Waals surface area contributed by atoms with Crippen molar-refractivity contribution in [3.05, 3.63) is 29.1 Å². The van der Waals surface area contributed by atoms with Crippen LogP contribution in [0.5, 0.6) is 0 Å². The molecule has 0 saturated carbocycles. The molecule has 0 unspecified atom stereocenters. The lowest BCUT2D eigenvalue weighted by Gasteiger charge is -2.09. The van der Waals surface area contributed by atoms with Gasteiger partial charge < -0.3 is 0 Å². The van der Waals surface area contributed by atoms with Crippen molar-refractivity contribution in [1.82, 2.24) is 4.98 Å². The zero-order chi connectivity index (χ0) is 12.5. The Morgan fingerprint density at radius 1 is 1.38 bits per heavy atom. The van der Waals surface area contributed by atoms with Crippen molar-refractivity contribution in [3.8, 4) is 0 Å². The summed E-state index contributed by atoms with van der Waals surface area (Å²) in [4.78, 5) is 13.5. The highest BCUT2D eigenvalue weighted by atomic mass is 35.5. The van der Waals surface area contributed by atoms with E-state index < -0.39 is 34.7 Å². The molecule has 0 aliphatic carbocycles. The second-order valence-corrected chi connectivity index (χ2v) is 3.07. The molecule has 0 bridgehead atoms. The highest BCUT2D eigenvalue weighted by Gasteiger charge is 2.34. The molecule has 0 aliphatic rings. The smallest absolute Gasteiger partial charge is 0.276 e. The maximum atomic E-state index is 12.3. The van der Waals surface area contributed by atoms with Crippen molar-refractivity contribution in [2.75, 3.05) is 0 Å². The van der Waals surface area contributed by atoms with Crippen molar-refractivity contribution >= 4 is 16.8 Å². The second kappa shape index (κ2) is 4.32. The normalized spacial score (nSPS) is 11.9. The lowest BCUT2D eigenvalue weighted by molar-refractivity contribution is -0.141. The van der Waals surface area contributed by atoms with Crippen LogP contribution in [-0.4, -0.2) is 10.2 Å². The number of halogens is 6. The number of carbonyl (C=O) groups is 1. The third-order valence-corrected chi connectivity index (χ3v) is 1.88. The molecule has 0 spiro atoms. The van der Waals surface area contributed by atoms with Gasteiger partial charge in [0.25, 0.3) is 11.7 Å². The fraction of sp³-hybridized carbons (Fsp3) is 0.250. The van der Waals surface area contributed by atoms with Gasteiger partial charge in [-0.2, -0.15) is 13.2 Å². The predicted octanol–water partition coefficient (Wildman–Crippen LogP) is 3.42. The fourth-order valence-electron chi connectivity index (χ4n) is 0.965. The first-order valence-electron chi connectivity index (χ1n) is 3.78. The van der Waals surface area contributed by atoms with Crippen molar-refractivity contribution in [2.45, 2.75) is 12.6 Å². The summed E-state index contributed by atoms with van der Waals surface area (Å²) in [5.74, 6) is 0. The molecule has 0 aromatic carbocycles. The van der Waals surface area contributed by atoms with Gasteiger partial charge in [0.15, 0.2) is 0 Å². The Hall–Kier alpha value is -1.24. The predicted molar refractivity (Wildman–Crippen MR) is 44.4 cm³/mol. The molecule has 0 amide bonds. The Labute approximate surface area is 91.0 Å². The number of nitrogens with zero attached hydrogens (tertiary/aromatic N) is 1. The molecular formula is C8H3ClF5NO. The molecule has 1 aromatic heterocycles. The van der Waals surface area contributed by atoms with E-state index in [2.05, 4.69) is 4.98 Å². The molecule has 16 heavy (non-hydrogen) atoms. The summed E-state index contributed by atoms with van der Waals surface area (Å²) in [6, 6.07) is 0.205. The van der Waals surface area contributed by atoms with E-state index >= 15 is 0 Å². The summed E-state index contributed by atoms with van der Waals surface area (Å²) in [6.07, 6.45) is -7.64. The summed E-state index contributed by atoms with van der Waals surface area (Å²) >= 11 is 4.91. The summed E-state index contributed by atoms with van der Waals surface area (Å²) in [5.41, 5.74) is -3.26. The number of hydrogen-bond acceptors (Lipinski definition) is 2. The van der Waals surface area contributed by atoms with Gasteiger partial charge >= 0.3 is 6.18 Å². The molecule has 0 saturated heterocycles. The van der Waals surface area contributed by atoms with Crippen LogP contribution in [0.4, 0.5) is 22.0 Å². The number of pyridine rings is 1. The van der Waals surface area contributed by atoms with Crippen LogP contribution >= 0.6 is 11.6 Å². The van der Waals surface area contributed by atoms with Crippen LogP contribution in [0.3, 0.4) is 0 Å². The lowest BCUT2D eigenvalue weighted by atomic mass is 10.1. The average Bonchev–Trinajstić information content (AvgIpc) is 2.15. The average molecular weight is 260 g/mol. The monoisotopic (exact) mass is 259 g/mol. The molecule has 0 aliphatic heterocycles. The maximum absolute atomic E-state index is 12.3. The van der Waals surface area contributed by atoms with Gasteiger partial charge in [0.2, 0.25) is 0 Å². The lowest BCUT2D eigenvalue weighted by Crippen LogP contribution is -2.11. The van der Waals surface area contributed by atoms with Crippen LogP contribution in [-0.2, 0) is 6.18 Å². The van der Waals surface area contributed by atoms with Crippen molar-refractivity contribution in [3.63, 3.8) is 0 Å². The van der Waals surface area contributed by atoms with Crippen molar-refractivity contribution in [2.24, 2.45) is 0 Å². The number of hydrogen-bond donors (Lipinski definition) is 0. The number of rotatable bonds is 2. The van der Waals surface area contributed by atoms with Crippen LogP contribution in [0.25, 0.3) is 0 Å². The van der Waals surface area contributed by atoms with Crippen molar-refractivity contribution in [1.29, 1.82) is 0 Å². The quantitative estimate of drug-likeness (QED) is 0.602. The van der Waals surface area contributed by atoms with Gasteiger partial charge in [0, 0.05) is 17.3 Å². The maximum Gasteiger partial charge on any atom is 0.433 e. The molecule has 0 radical (unpaired) electrons. The molecule has 0 N–H and O–H groups in total. The Kier molecular flexibility index (Phi) is 3.47. The van der Waals surface area contributed by atoms with Crippen LogP contribution < -0.4 is 0 Å². The van der Waals surface area contributed by atoms with E-state index in [-0.39, 0.29) is 6.07 Å². The van der Waals surface area contributed by atoms with E-state index in [1.807, 2.05) is 0 Å². The number of aromatic nitrogens is 1. The van der Waals surface area contributed by atoms with Gasteiger partial charge in [-0.05, 0) is 17.7 Å². The van der Waals surface area contributed by atoms with E-state index in [0.717, 1.165) is 0 Å². The Morgan fingerprint density at radius 3 is 2.31 bits per heavy atom. The van der Waals surface area contributed by atoms with E-state index in [4.69, 9.17) is 11.6 Å². The first-order chi connectivity index (χ1) is 7.23. The van der Waals surface area contributed by atoms with Crippen LogP contribution in [0.2, 0.25) is 0 Å². The summed E-state index contributed by atoms with van der Waals surface area (Å²) < 4.78 is 61.0. The third kappa shape index (κ3) is 2.66. The standard InChI is InChI=1S/C8H3ClF5NO/c9-6(16)3-1-5(8(12,13)14)15-2-4(3)7(10)11/h1-2,7H. The van der Waals surface area contributed by atoms with E-state index in [0.29, 0.717) is 6.20 Å². The molecule has 0 atom stereocenters. The first-order valence-corrected chi connectivity index (χ1v) is 4.16. The summed E-state index contributed by atoms with van der Waals surface area (Å²) in [7, 11) is 0. The first kappa shape index (κ1) is 12.8. The van der Waals surface area contributed by atoms with Gasteiger partial charge in [-0.1, -0.05) is 0 Å². The van der Waals surface area contributed by atoms with Crippen LogP contribution in [0, 0.1) is 0 Å². The number of carbonyl (C=O) groups excluding carboxylic acids is 1. The molecule has 1 heterocycles. The zero-order valence-electron chi connectivity index (χ0n) is 7.36. The highest BCUT2D eigenvalue weighted by molar-refractivity contribution is 6.67. The third-order valence-electron chi connectivity index (χ3n) is 1.67. The van der Waals surface area contributed by atoms with Gasteiger partial charge in [-0.25, -0.2) is 8.78 Å². The minimum atomic E-state index is -4.82. The Bertz CT molecular complexity index is 417. The molecule has 1 aromatic rings.